The quantitative estimate of drug-likeness (QED) is 0.728. The third kappa shape index (κ3) is 4.25. The Bertz CT molecular complexity index is 451. The molecular formula is C17H25FN2. The van der Waals surface area contributed by atoms with Gasteiger partial charge in [0.1, 0.15) is 5.82 Å². The standard InChI is InChI=1S/C17H25FN2/c1-5-11-19-14(4)17-15(18)9-8-10-16(17)20(12-6-2)13-7-3/h2,8-10,14,19H,5,7,11-13H2,1,3-4H3. The van der Waals surface area contributed by atoms with E-state index < -0.39 is 0 Å². The largest absolute Gasteiger partial charge is 0.360 e. The van der Waals surface area contributed by atoms with Crippen molar-refractivity contribution in [2.75, 3.05) is 24.5 Å². The van der Waals surface area contributed by atoms with Crippen LogP contribution in [0, 0.1) is 18.2 Å². The monoisotopic (exact) mass is 276 g/mol. The van der Waals surface area contributed by atoms with E-state index in [4.69, 9.17) is 6.42 Å². The van der Waals surface area contributed by atoms with Crippen molar-refractivity contribution in [1.29, 1.82) is 0 Å². The maximum Gasteiger partial charge on any atom is 0.130 e. The first kappa shape index (κ1) is 16.5. The van der Waals surface area contributed by atoms with E-state index in [0.717, 1.165) is 31.6 Å². The van der Waals surface area contributed by atoms with Crippen molar-refractivity contribution in [1.82, 2.24) is 5.32 Å². The molecule has 1 N–H and O–H groups in total. The molecule has 20 heavy (non-hydrogen) atoms. The SMILES string of the molecule is C#CCN(CCC)c1cccc(F)c1C(C)NCCC. The minimum absolute atomic E-state index is 0.0247. The first-order valence-corrected chi connectivity index (χ1v) is 7.35. The molecule has 3 heteroatoms. The molecule has 0 fully saturated rings. The van der Waals surface area contributed by atoms with Crippen LogP contribution in [-0.2, 0) is 0 Å². The number of anilines is 1. The molecule has 0 aliphatic heterocycles. The Morgan fingerprint density at radius 2 is 2.10 bits per heavy atom. The van der Waals surface area contributed by atoms with Gasteiger partial charge in [-0.2, -0.15) is 0 Å². The molecule has 0 radical (unpaired) electrons. The lowest BCUT2D eigenvalue weighted by molar-refractivity contribution is 0.526. The highest BCUT2D eigenvalue weighted by Crippen LogP contribution is 2.29. The molecule has 0 aliphatic carbocycles. The zero-order valence-corrected chi connectivity index (χ0v) is 12.7. The Morgan fingerprint density at radius 3 is 2.70 bits per heavy atom. The summed E-state index contributed by atoms with van der Waals surface area (Å²) in [7, 11) is 0. The summed E-state index contributed by atoms with van der Waals surface area (Å²) in [4.78, 5) is 2.07. The maximum absolute atomic E-state index is 14.3. The summed E-state index contributed by atoms with van der Waals surface area (Å²) >= 11 is 0. The topological polar surface area (TPSA) is 15.3 Å². The molecule has 0 saturated carbocycles. The number of hydrogen-bond donors (Lipinski definition) is 1. The van der Waals surface area contributed by atoms with Gasteiger partial charge in [-0.25, -0.2) is 4.39 Å². The molecule has 0 bridgehead atoms. The van der Waals surface area contributed by atoms with Crippen LogP contribution in [0.1, 0.15) is 45.2 Å². The zero-order chi connectivity index (χ0) is 15.0. The summed E-state index contributed by atoms with van der Waals surface area (Å²) in [6.07, 6.45) is 7.45. The second kappa shape index (κ2) is 8.60. The van der Waals surface area contributed by atoms with Crippen LogP contribution >= 0.6 is 0 Å². The van der Waals surface area contributed by atoms with Gasteiger partial charge in [0.2, 0.25) is 0 Å². The zero-order valence-electron chi connectivity index (χ0n) is 12.7. The molecule has 0 heterocycles. The summed E-state index contributed by atoms with van der Waals surface area (Å²) in [6.45, 7) is 8.41. The van der Waals surface area contributed by atoms with E-state index >= 15 is 0 Å². The van der Waals surface area contributed by atoms with Crippen LogP contribution in [0.3, 0.4) is 0 Å². The van der Waals surface area contributed by atoms with Gasteiger partial charge in [0.25, 0.3) is 0 Å². The van der Waals surface area contributed by atoms with Gasteiger partial charge in [0.05, 0.1) is 6.54 Å². The molecule has 0 aliphatic rings. The third-order valence-corrected chi connectivity index (χ3v) is 3.28. The van der Waals surface area contributed by atoms with Crippen LogP contribution in [0.25, 0.3) is 0 Å². The number of benzene rings is 1. The van der Waals surface area contributed by atoms with Gasteiger partial charge in [0, 0.05) is 23.8 Å². The van der Waals surface area contributed by atoms with E-state index in [1.54, 1.807) is 6.07 Å². The summed E-state index contributed by atoms with van der Waals surface area (Å²) in [5.74, 6) is 2.49. The minimum atomic E-state index is -0.170. The molecule has 110 valence electrons. The van der Waals surface area contributed by atoms with Crippen molar-refractivity contribution in [3.8, 4) is 12.3 Å². The summed E-state index contributed by atoms with van der Waals surface area (Å²) in [5, 5.41) is 3.35. The van der Waals surface area contributed by atoms with Gasteiger partial charge in [0.15, 0.2) is 0 Å². The van der Waals surface area contributed by atoms with Gasteiger partial charge in [-0.1, -0.05) is 25.8 Å². The molecular weight excluding hydrogens is 251 g/mol. The number of halogens is 1. The molecule has 1 atom stereocenters. The highest BCUT2D eigenvalue weighted by atomic mass is 19.1. The van der Waals surface area contributed by atoms with E-state index in [-0.39, 0.29) is 11.9 Å². The van der Waals surface area contributed by atoms with E-state index in [0.29, 0.717) is 12.1 Å². The summed E-state index contributed by atoms with van der Waals surface area (Å²) in [6, 6.07) is 5.20. The molecule has 1 aromatic rings. The van der Waals surface area contributed by atoms with Gasteiger partial charge in [-0.05, 0) is 38.4 Å². The van der Waals surface area contributed by atoms with Gasteiger partial charge in [-0.15, -0.1) is 6.42 Å². The van der Waals surface area contributed by atoms with E-state index in [9.17, 15) is 4.39 Å². The minimum Gasteiger partial charge on any atom is -0.360 e. The smallest absolute Gasteiger partial charge is 0.130 e. The number of rotatable bonds is 8. The Labute approximate surface area is 122 Å². The second-order valence-corrected chi connectivity index (χ2v) is 4.97. The molecule has 2 nitrogen and oxygen atoms in total. The van der Waals surface area contributed by atoms with E-state index in [2.05, 4.69) is 30.0 Å². The van der Waals surface area contributed by atoms with Crippen molar-refractivity contribution < 1.29 is 4.39 Å². The highest BCUT2D eigenvalue weighted by Gasteiger charge is 2.18. The molecule has 1 rings (SSSR count). The molecule has 0 saturated heterocycles. The Balaban J connectivity index is 3.11. The van der Waals surface area contributed by atoms with Crippen molar-refractivity contribution in [2.45, 2.75) is 39.7 Å². The summed E-state index contributed by atoms with van der Waals surface area (Å²) in [5.41, 5.74) is 1.62. The van der Waals surface area contributed by atoms with Crippen LogP contribution < -0.4 is 10.2 Å². The lowest BCUT2D eigenvalue weighted by atomic mass is 10.0. The van der Waals surface area contributed by atoms with Crippen LogP contribution in [0.15, 0.2) is 18.2 Å². The molecule has 0 amide bonds. The average Bonchev–Trinajstić information content (AvgIpc) is 2.44. The van der Waals surface area contributed by atoms with E-state index in [1.165, 1.54) is 6.07 Å². The highest BCUT2D eigenvalue weighted by molar-refractivity contribution is 5.56. The van der Waals surface area contributed by atoms with Crippen molar-refractivity contribution in [3.63, 3.8) is 0 Å². The van der Waals surface area contributed by atoms with Gasteiger partial charge >= 0.3 is 0 Å². The second-order valence-electron chi connectivity index (χ2n) is 4.97. The number of hydrogen-bond acceptors (Lipinski definition) is 2. The van der Waals surface area contributed by atoms with Gasteiger partial charge in [-0.3, -0.25) is 0 Å². The predicted octanol–water partition coefficient (Wildman–Crippen LogP) is 3.74. The van der Waals surface area contributed by atoms with Gasteiger partial charge < -0.3 is 10.2 Å². The number of nitrogens with one attached hydrogen (secondary N) is 1. The maximum atomic E-state index is 14.3. The Hall–Kier alpha value is -1.53. The number of nitrogens with zero attached hydrogens (tertiary/aromatic N) is 1. The molecule has 1 unspecified atom stereocenters. The van der Waals surface area contributed by atoms with Crippen molar-refractivity contribution >= 4 is 5.69 Å². The molecule has 0 aromatic heterocycles. The van der Waals surface area contributed by atoms with Crippen LogP contribution in [-0.4, -0.2) is 19.6 Å². The van der Waals surface area contributed by atoms with Crippen molar-refractivity contribution in [3.05, 3.63) is 29.6 Å². The fourth-order valence-corrected chi connectivity index (χ4v) is 2.36. The van der Waals surface area contributed by atoms with Crippen molar-refractivity contribution in [2.24, 2.45) is 0 Å². The molecule has 0 spiro atoms. The lowest BCUT2D eigenvalue weighted by Crippen LogP contribution is -2.28. The third-order valence-electron chi connectivity index (χ3n) is 3.28. The summed E-state index contributed by atoms with van der Waals surface area (Å²) < 4.78 is 14.3. The van der Waals surface area contributed by atoms with Crippen LogP contribution in [0.5, 0.6) is 0 Å². The van der Waals surface area contributed by atoms with Crippen LogP contribution in [0.2, 0.25) is 0 Å². The fourth-order valence-electron chi connectivity index (χ4n) is 2.36. The number of terminal acetylenes is 1. The van der Waals surface area contributed by atoms with E-state index in [1.807, 2.05) is 13.0 Å². The molecule has 1 aromatic carbocycles. The predicted molar refractivity (Wildman–Crippen MR) is 84.4 cm³/mol. The van der Waals surface area contributed by atoms with Crippen LogP contribution in [0.4, 0.5) is 10.1 Å². The normalized spacial score (nSPS) is 11.9. The Morgan fingerprint density at radius 1 is 1.35 bits per heavy atom. The average molecular weight is 276 g/mol. The Kier molecular flexibility index (Phi) is 7.11. The first-order chi connectivity index (χ1) is 9.65. The fraction of sp³-hybridized carbons (Fsp3) is 0.529. The lowest BCUT2D eigenvalue weighted by Gasteiger charge is -2.27. The first-order valence-electron chi connectivity index (χ1n) is 7.35.